The maximum absolute atomic E-state index is 14.4. The standard InChI is InChI=1S/C36H47FN4O5S/c1-3-17-40(34(42)18-25-11-15-33(16-12-25)47(45,46)38-2)32-20-30-13-14-31(21-32)41(30)23-28-22-39(35(43)26-7-4-5-8-26)24-36(28,44)27-9-6-10-29(37)19-27/h3,6,9-12,15-16,19,26,28,30-32,38,44H,1,4-5,7-8,13-14,17-18,20-24H2,2H3/t28-,30-,31+,32?,36+/m1/s1. The van der Waals surface area contributed by atoms with Crippen molar-refractivity contribution in [3.63, 3.8) is 0 Å². The van der Waals surface area contributed by atoms with Crippen LogP contribution >= 0.6 is 0 Å². The minimum Gasteiger partial charge on any atom is -0.383 e. The lowest BCUT2D eigenvalue weighted by molar-refractivity contribution is -0.135. The lowest BCUT2D eigenvalue weighted by Crippen LogP contribution is -2.54. The summed E-state index contributed by atoms with van der Waals surface area (Å²) in [5.74, 6) is -0.579. The molecule has 1 aliphatic carbocycles. The fourth-order valence-corrected chi connectivity index (χ4v) is 9.35. The second kappa shape index (κ2) is 13.8. The Labute approximate surface area is 277 Å². The molecular formula is C36H47FN4O5S. The highest BCUT2D eigenvalue weighted by atomic mass is 32.2. The molecule has 5 atom stereocenters. The summed E-state index contributed by atoms with van der Waals surface area (Å²) in [6.45, 7) is 5.54. The number of piperidine rings is 1. The summed E-state index contributed by atoms with van der Waals surface area (Å²) in [5.41, 5.74) is -0.0839. The first-order valence-corrected chi connectivity index (χ1v) is 18.5. The number of likely N-dealkylation sites (tertiary alicyclic amines) is 1. The van der Waals surface area contributed by atoms with Crippen LogP contribution in [0.1, 0.15) is 62.5 Å². The monoisotopic (exact) mass is 666 g/mol. The average Bonchev–Trinajstić information content (AvgIpc) is 3.77. The van der Waals surface area contributed by atoms with E-state index >= 15 is 0 Å². The van der Waals surface area contributed by atoms with Gasteiger partial charge in [0.05, 0.1) is 17.9 Å². The van der Waals surface area contributed by atoms with Gasteiger partial charge in [0.1, 0.15) is 11.4 Å². The molecule has 2 amide bonds. The van der Waals surface area contributed by atoms with Crippen molar-refractivity contribution in [2.45, 2.75) is 86.4 Å². The number of hydrogen-bond donors (Lipinski definition) is 2. The first-order valence-electron chi connectivity index (χ1n) is 17.0. The van der Waals surface area contributed by atoms with Gasteiger partial charge in [0, 0.05) is 49.6 Å². The van der Waals surface area contributed by atoms with E-state index in [1.54, 1.807) is 30.3 Å². The van der Waals surface area contributed by atoms with Crippen molar-refractivity contribution in [2.24, 2.45) is 11.8 Å². The number of β-amino-alcohol motifs (C(OH)–C–C–N with tert-alkyl or cyclic N) is 1. The lowest BCUT2D eigenvalue weighted by Gasteiger charge is -2.45. The summed E-state index contributed by atoms with van der Waals surface area (Å²) >= 11 is 0. The number of halogens is 1. The highest BCUT2D eigenvalue weighted by molar-refractivity contribution is 7.89. The number of benzene rings is 2. The summed E-state index contributed by atoms with van der Waals surface area (Å²) < 4.78 is 40.9. The Bertz CT molecular complexity index is 1570. The third kappa shape index (κ3) is 6.90. The van der Waals surface area contributed by atoms with E-state index in [9.17, 15) is 27.5 Å². The molecule has 254 valence electrons. The van der Waals surface area contributed by atoms with E-state index in [0.29, 0.717) is 25.2 Å². The number of carbonyl (C=O) groups is 2. The highest BCUT2D eigenvalue weighted by Crippen LogP contribution is 2.44. The van der Waals surface area contributed by atoms with Crippen LogP contribution in [-0.4, -0.2) is 91.4 Å². The normalized spacial score (nSPS) is 28.1. The summed E-state index contributed by atoms with van der Waals surface area (Å²) in [6.07, 6.45) is 9.38. The smallest absolute Gasteiger partial charge is 0.240 e. The van der Waals surface area contributed by atoms with Crippen LogP contribution in [0.25, 0.3) is 0 Å². The lowest BCUT2D eigenvalue weighted by atomic mass is 9.82. The fourth-order valence-electron chi connectivity index (χ4n) is 8.62. The van der Waals surface area contributed by atoms with Crippen molar-refractivity contribution in [3.8, 4) is 0 Å². The third-order valence-electron chi connectivity index (χ3n) is 11.1. The minimum absolute atomic E-state index is 0.00476. The Morgan fingerprint density at radius 2 is 1.77 bits per heavy atom. The van der Waals surface area contributed by atoms with Crippen LogP contribution in [0.4, 0.5) is 4.39 Å². The van der Waals surface area contributed by atoms with Crippen molar-refractivity contribution in [2.75, 3.05) is 33.2 Å². The van der Waals surface area contributed by atoms with Crippen molar-refractivity contribution in [1.29, 1.82) is 0 Å². The number of amides is 2. The van der Waals surface area contributed by atoms with Crippen LogP contribution in [0.3, 0.4) is 0 Å². The molecule has 11 heteroatoms. The number of hydrogen-bond acceptors (Lipinski definition) is 6. The first kappa shape index (κ1) is 33.8. The van der Waals surface area contributed by atoms with Gasteiger partial charge in [-0.2, -0.15) is 0 Å². The molecule has 0 radical (unpaired) electrons. The number of rotatable bonds is 11. The van der Waals surface area contributed by atoms with Gasteiger partial charge in [-0.25, -0.2) is 17.5 Å². The van der Waals surface area contributed by atoms with E-state index in [1.807, 2.05) is 9.80 Å². The maximum atomic E-state index is 14.4. The quantitative estimate of drug-likeness (QED) is 0.353. The van der Waals surface area contributed by atoms with Gasteiger partial charge in [-0.05, 0) is 81.0 Å². The van der Waals surface area contributed by atoms with Gasteiger partial charge in [-0.15, -0.1) is 6.58 Å². The molecule has 6 rings (SSSR count). The van der Waals surface area contributed by atoms with Gasteiger partial charge < -0.3 is 14.9 Å². The van der Waals surface area contributed by atoms with Crippen LogP contribution in [0.2, 0.25) is 0 Å². The van der Waals surface area contributed by atoms with E-state index in [-0.39, 0.29) is 59.6 Å². The van der Waals surface area contributed by atoms with Crippen molar-refractivity contribution in [1.82, 2.24) is 19.4 Å². The SMILES string of the molecule is C=CCN(C(=O)Cc1ccc(S(=O)(=O)NC)cc1)C1C[C@H]2CC[C@@H](C1)N2C[C@H]1CN(C(=O)C2CCCC2)C[C@]1(O)c1cccc(F)c1. The molecule has 1 saturated carbocycles. The summed E-state index contributed by atoms with van der Waals surface area (Å²) in [6, 6.07) is 13.1. The number of aliphatic hydroxyl groups is 1. The molecule has 3 aliphatic heterocycles. The van der Waals surface area contributed by atoms with Crippen LogP contribution < -0.4 is 4.72 Å². The fraction of sp³-hybridized carbons (Fsp3) is 0.556. The van der Waals surface area contributed by atoms with Gasteiger partial charge >= 0.3 is 0 Å². The molecule has 4 aliphatic rings. The van der Waals surface area contributed by atoms with Gasteiger partial charge in [-0.1, -0.05) is 43.2 Å². The van der Waals surface area contributed by atoms with Crippen LogP contribution in [0.5, 0.6) is 0 Å². The summed E-state index contributed by atoms with van der Waals surface area (Å²) in [7, 11) is -2.19. The van der Waals surface area contributed by atoms with Gasteiger partial charge in [0.15, 0.2) is 0 Å². The number of carbonyl (C=O) groups excluding carboxylic acids is 2. The molecular weight excluding hydrogens is 619 g/mol. The summed E-state index contributed by atoms with van der Waals surface area (Å²) in [5, 5.41) is 12.2. The third-order valence-corrected chi connectivity index (χ3v) is 12.6. The number of nitrogens with one attached hydrogen (secondary N) is 1. The predicted molar refractivity (Wildman–Crippen MR) is 177 cm³/mol. The Kier molecular flexibility index (Phi) is 9.90. The maximum Gasteiger partial charge on any atom is 0.240 e. The van der Waals surface area contributed by atoms with E-state index in [4.69, 9.17) is 0 Å². The molecule has 2 aromatic rings. The van der Waals surface area contributed by atoms with E-state index in [2.05, 4.69) is 16.2 Å². The van der Waals surface area contributed by atoms with Crippen LogP contribution in [0, 0.1) is 17.7 Å². The van der Waals surface area contributed by atoms with E-state index < -0.39 is 21.4 Å². The first-order chi connectivity index (χ1) is 22.5. The van der Waals surface area contributed by atoms with E-state index in [1.165, 1.54) is 31.3 Å². The van der Waals surface area contributed by atoms with Crippen molar-refractivity contribution in [3.05, 3.63) is 78.1 Å². The van der Waals surface area contributed by atoms with Gasteiger partial charge in [0.25, 0.3) is 0 Å². The molecule has 2 aromatic carbocycles. The van der Waals surface area contributed by atoms with Crippen molar-refractivity contribution >= 4 is 21.8 Å². The topological polar surface area (TPSA) is 110 Å². The minimum atomic E-state index is -3.56. The predicted octanol–water partition coefficient (Wildman–Crippen LogP) is 3.82. The Morgan fingerprint density at radius 1 is 1.09 bits per heavy atom. The highest BCUT2D eigenvalue weighted by Gasteiger charge is 2.52. The Morgan fingerprint density at radius 3 is 2.38 bits per heavy atom. The molecule has 2 bridgehead atoms. The number of nitrogens with zero attached hydrogens (tertiary/aromatic N) is 3. The van der Waals surface area contributed by atoms with Gasteiger partial charge in [0.2, 0.25) is 21.8 Å². The Balaban J connectivity index is 1.16. The second-order valence-electron chi connectivity index (χ2n) is 13.9. The zero-order chi connectivity index (χ0) is 33.3. The zero-order valence-corrected chi connectivity index (χ0v) is 28.0. The molecule has 3 heterocycles. The van der Waals surface area contributed by atoms with E-state index in [0.717, 1.165) is 56.9 Å². The average molecular weight is 667 g/mol. The largest absolute Gasteiger partial charge is 0.383 e. The molecule has 3 saturated heterocycles. The molecule has 47 heavy (non-hydrogen) atoms. The summed E-state index contributed by atoms with van der Waals surface area (Å²) in [4.78, 5) is 33.5. The molecule has 9 nitrogen and oxygen atoms in total. The Hall–Kier alpha value is -3.12. The molecule has 0 spiro atoms. The van der Waals surface area contributed by atoms with Crippen LogP contribution in [0.15, 0.2) is 66.1 Å². The van der Waals surface area contributed by atoms with Gasteiger partial charge in [-0.3, -0.25) is 14.5 Å². The second-order valence-corrected chi connectivity index (χ2v) is 15.8. The molecule has 2 N–H and O–H groups in total. The van der Waals surface area contributed by atoms with Crippen molar-refractivity contribution < 1.29 is 27.5 Å². The number of fused-ring (bicyclic) bond motifs is 2. The zero-order valence-electron chi connectivity index (χ0n) is 27.2. The number of sulfonamides is 1. The molecule has 1 unspecified atom stereocenters. The molecule has 4 fully saturated rings. The van der Waals surface area contributed by atoms with Crippen LogP contribution in [-0.2, 0) is 31.6 Å². The molecule has 0 aromatic heterocycles.